The fourth-order valence-electron chi connectivity index (χ4n) is 0.979. The maximum atomic E-state index is 4.53. The van der Waals surface area contributed by atoms with Crippen LogP contribution in [-0.2, 0) is 0 Å². The van der Waals surface area contributed by atoms with Gasteiger partial charge in [-0.05, 0) is 0 Å². The van der Waals surface area contributed by atoms with Gasteiger partial charge in [-0.3, -0.25) is 0 Å². The van der Waals surface area contributed by atoms with Gasteiger partial charge in [-0.25, -0.2) is 0 Å². The molecule has 0 fully saturated rings. The van der Waals surface area contributed by atoms with E-state index in [9.17, 15) is 0 Å². The van der Waals surface area contributed by atoms with Gasteiger partial charge in [-0.1, -0.05) is 0 Å². The van der Waals surface area contributed by atoms with Crippen molar-refractivity contribution in [3.8, 4) is 0 Å². The van der Waals surface area contributed by atoms with Gasteiger partial charge in [0.2, 0.25) is 0 Å². The first-order valence-electron chi connectivity index (χ1n) is 3.43. The van der Waals surface area contributed by atoms with Crippen molar-refractivity contribution >= 4 is 45.7 Å². The van der Waals surface area contributed by atoms with Crippen LogP contribution in [0.3, 0.4) is 0 Å². The number of para-hydroxylation sites is 1. The van der Waals surface area contributed by atoms with E-state index in [1.54, 1.807) is 0 Å². The Morgan fingerprint density at radius 1 is 1.36 bits per heavy atom. The molecule has 54 valence electrons. The molecule has 1 nitrogen and oxygen atoms in total. The van der Waals surface area contributed by atoms with Crippen molar-refractivity contribution in [3.05, 3.63) is 24.3 Å². The predicted molar refractivity (Wildman–Crippen MR) is 50.9 cm³/mol. The molecule has 3 heteroatoms. The summed E-state index contributed by atoms with van der Waals surface area (Å²) in [6.07, 6.45) is 0. The van der Waals surface area contributed by atoms with Gasteiger partial charge >= 0.3 is 79.9 Å². The zero-order valence-electron chi connectivity index (χ0n) is 6.16. The molecule has 1 heterocycles. The van der Waals surface area contributed by atoms with Crippen LogP contribution in [0.1, 0.15) is 0 Å². The van der Waals surface area contributed by atoms with Crippen LogP contribution < -0.4 is 3.02 Å². The number of hydrogen-bond donors (Lipinski definition) is 0. The van der Waals surface area contributed by atoms with Crippen molar-refractivity contribution < 1.29 is 0 Å². The Morgan fingerprint density at radius 2 is 2.18 bits per heavy atom. The van der Waals surface area contributed by atoms with Crippen molar-refractivity contribution in [2.24, 2.45) is 0 Å². The van der Waals surface area contributed by atoms with Gasteiger partial charge in [-0.15, -0.1) is 0 Å². The first-order valence-corrected chi connectivity index (χ1v) is 8.53. The molecule has 0 amide bonds. The van der Waals surface area contributed by atoms with Crippen LogP contribution in [0.5, 0.6) is 0 Å². The molecule has 0 N–H and O–H groups in total. The summed E-state index contributed by atoms with van der Waals surface area (Å²) in [6.45, 7) is 0. The second kappa shape index (κ2) is 3.11. The molecule has 2 aromatic rings. The number of rotatable bonds is 1. The predicted octanol–water partition coefficient (Wildman–Crippen LogP) is 1.67. The number of benzene rings is 1. The van der Waals surface area contributed by atoms with Gasteiger partial charge in [0.05, 0.1) is 0 Å². The molecule has 0 aliphatic carbocycles. The Morgan fingerprint density at radius 3 is 2.91 bits per heavy atom. The van der Waals surface area contributed by atoms with Crippen LogP contribution in [0, 0.1) is 0 Å². The SMILES string of the molecule is [CH3][Sn][c]1nc2ccccc2s1. The van der Waals surface area contributed by atoms with E-state index in [4.69, 9.17) is 0 Å². The monoisotopic (exact) mass is 269 g/mol. The third-order valence-corrected chi connectivity index (χ3v) is 6.14. The fraction of sp³-hybridized carbons (Fsp3) is 0.125. The first-order chi connectivity index (χ1) is 5.40. The van der Waals surface area contributed by atoms with Crippen molar-refractivity contribution in [1.82, 2.24) is 4.98 Å². The zero-order valence-corrected chi connectivity index (χ0v) is 9.84. The zero-order chi connectivity index (χ0) is 7.68. The molecule has 2 rings (SSSR count). The molecular formula is C8H7NSSn. The van der Waals surface area contributed by atoms with E-state index in [1.165, 1.54) is 13.2 Å². The van der Waals surface area contributed by atoms with Gasteiger partial charge in [0.15, 0.2) is 0 Å². The average Bonchev–Trinajstić information content (AvgIpc) is 2.46. The molecule has 0 saturated carbocycles. The Hall–Kier alpha value is -0.0913. The van der Waals surface area contributed by atoms with Gasteiger partial charge in [0.1, 0.15) is 0 Å². The fourth-order valence-corrected chi connectivity index (χ4v) is 4.28. The molecule has 1 aromatic carbocycles. The molecule has 0 aliphatic rings. The van der Waals surface area contributed by atoms with Crippen LogP contribution in [0.4, 0.5) is 0 Å². The Balaban J connectivity index is 2.69. The molecule has 0 saturated heterocycles. The Bertz CT molecular complexity index is 336. The molecular weight excluding hydrogens is 261 g/mol. The summed E-state index contributed by atoms with van der Waals surface area (Å²) in [5.74, 6) is 0. The van der Waals surface area contributed by atoms with Crippen molar-refractivity contribution in [2.75, 3.05) is 0 Å². The molecule has 2 radical (unpaired) electrons. The van der Waals surface area contributed by atoms with Crippen molar-refractivity contribution in [3.63, 3.8) is 0 Å². The van der Waals surface area contributed by atoms with Crippen molar-refractivity contribution in [1.29, 1.82) is 0 Å². The Labute approximate surface area is 79.7 Å². The molecule has 11 heavy (non-hydrogen) atoms. The van der Waals surface area contributed by atoms with Crippen LogP contribution in [0.25, 0.3) is 10.2 Å². The normalized spacial score (nSPS) is 10.6. The van der Waals surface area contributed by atoms with E-state index < -0.39 is 0 Å². The summed E-state index contributed by atoms with van der Waals surface area (Å²) < 4.78 is 2.74. The quantitative estimate of drug-likeness (QED) is 0.717. The number of nitrogens with zero attached hydrogens (tertiary/aromatic N) is 1. The number of aromatic nitrogens is 1. The van der Waals surface area contributed by atoms with Gasteiger partial charge in [0, 0.05) is 0 Å². The third-order valence-electron chi connectivity index (χ3n) is 1.51. The molecule has 0 atom stereocenters. The van der Waals surface area contributed by atoms with E-state index in [1.807, 2.05) is 17.4 Å². The van der Waals surface area contributed by atoms with Crippen LogP contribution in [0.15, 0.2) is 24.3 Å². The van der Waals surface area contributed by atoms with E-state index in [-0.39, 0.29) is 21.1 Å². The second-order valence-corrected chi connectivity index (χ2v) is 7.08. The van der Waals surface area contributed by atoms with Gasteiger partial charge < -0.3 is 0 Å². The summed E-state index contributed by atoms with van der Waals surface area (Å²) in [6, 6.07) is 8.35. The second-order valence-electron chi connectivity index (χ2n) is 2.24. The summed E-state index contributed by atoms with van der Waals surface area (Å²) in [4.78, 5) is 6.83. The number of hydrogen-bond acceptors (Lipinski definition) is 2. The molecule has 1 aromatic heterocycles. The standard InChI is InChI=1S/C7H4NS.CH3.Sn/c1-2-4-7-6(3-1)8-5-9-7;;/h1-4H;1H3;. The summed E-state index contributed by atoms with van der Waals surface area (Å²) >= 11 is 1.55. The molecule has 0 unspecified atom stereocenters. The number of fused-ring (bicyclic) bond motifs is 1. The summed E-state index contributed by atoms with van der Waals surface area (Å²) in [5.41, 5.74) is 1.18. The van der Waals surface area contributed by atoms with Gasteiger partial charge in [0.25, 0.3) is 0 Å². The minimum atomic E-state index is -0.307. The van der Waals surface area contributed by atoms with E-state index in [0.717, 1.165) is 0 Å². The molecule has 0 spiro atoms. The van der Waals surface area contributed by atoms with E-state index >= 15 is 0 Å². The maximum absolute atomic E-state index is 4.53. The Kier molecular flexibility index (Phi) is 2.13. The molecule has 0 aliphatic heterocycles. The number of thiazole rings is 1. The van der Waals surface area contributed by atoms with Crippen molar-refractivity contribution in [2.45, 2.75) is 4.94 Å². The third kappa shape index (κ3) is 1.42. The first kappa shape index (κ1) is 7.55. The average molecular weight is 268 g/mol. The summed E-state index contributed by atoms with van der Waals surface area (Å²) in [5, 5.41) is 0. The van der Waals surface area contributed by atoms with Gasteiger partial charge in [-0.2, -0.15) is 0 Å². The molecule has 0 bridgehead atoms. The minimum absolute atomic E-state index is 0.307. The van der Waals surface area contributed by atoms with E-state index in [2.05, 4.69) is 28.1 Å². The topological polar surface area (TPSA) is 12.9 Å². The van der Waals surface area contributed by atoms with E-state index in [0.29, 0.717) is 0 Å². The van der Waals surface area contributed by atoms with Crippen LogP contribution in [0.2, 0.25) is 4.94 Å². The summed E-state index contributed by atoms with van der Waals surface area (Å²) in [7, 11) is 0. The van der Waals surface area contributed by atoms with Crippen LogP contribution in [-0.4, -0.2) is 26.1 Å². The van der Waals surface area contributed by atoms with Crippen LogP contribution >= 0.6 is 11.3 Å².